The summed E-state index contributed by atoms with van der Waals surface area (Å²) in [6, 6.07) is 0.665. The second kappa shape index (κ2) is 4.65. The summed E-state index contributed by atoms with van der Waals surface area (Å²) >= 11 is 0. The van der Waals surface area contributed by atoms with Gasteiger partial charge in [-0.25, -0.2) is 4.98 Å². The predicted molar refractivity (Wildman–Crippen MR) is 61.0 cm³/mol. The van der Waals surface area contributed by atoms with Gasteiger partial charge in [-0.05, 0) is 6.07 Å². The van der Waals surface area contributed by atoms with Crippen LogP contribution in [0.1, 0.15) is 5.69 Å². The fourth-order valence-corrected chi connectivity index (χ4v) is 1.76. The van der Waals surface area contributed by atoms with E-state index in [9.17, 15) is 23.3 Å². The van der Waals surface area contributed by atoms with E-state index in [4.69, 9.17) is 0 Å². The van der Waals surface area contributed by atoms with Crippen molar-refractivity contribution in [3.63, 3.8) is 0 Å². The van der Waals surface area contributed by atoms with E-state index < -0.39 is 22.5 Å². The smallest absolute Gasteiger partial charge is 0.363 e. The molecule has 0 spiro atoms. The van der Waals surface area contributed by atoms with E-state index in [-0.39, 0.29) is 11.7 Å². The minimum absolute atomic E-state index is 0.0535. The predicted octanol–water partition coefficient (Wildman–Crippen LogP) is 1.42. The molecule has 0 aromatic carbocycles. The van der Waals surface area contributed by atoms with Crippen LogP contribution < -0.4 is 10.2 Å². The highest BCUT2D eigenvalue weighted by Crippen LogP contribution is 2.35. The van der Waals surface area contributed by atoms with E-state index in [0.717, 1.165) is 6.07 Å². The van der Waals surface area contributed by atoms with E-state index in [0.29, 0.717) is 19.3 Å². The molecule has 9 heteroatoms. The SMILES string of the molecule is CN(c1cc(C(F)(F)F)ncc1[N+](=O)[O-])C1CNC1. The highest BCUT2D eigenvalue weighted by molar-refractivity contribution is 5.63. The lowest BCUT2D eigenvalue weighted by Gasteiger charge is -2.36. The van der Waals surface area contributed by atoms with Crippen LogP contribution in [0.4, 0.5) is 24.5 Å². The fourth-order valence-electron chi connectivity index (χ4n) is 1.76. The quantitative estimate of drug-likeness (QED) is 0.667. The molecule has 1 aliphatic rings. The molecule has 0 bridgehead atoms. The number of likely N-dealkylation sites (N-methyl/N-ethyl adjacent to an activating group) is 1. The van der Waals surface area contributed by atoms with Gasteiger partial charge in [0.15, 0.2) is 0 Å². The fraction of sp³-hybridized carbons (Fsp3) is 0.500. The maximum atomic E-state index is 12.6. The number of nitrogens with one attached hydrogen (secondary N) is 1. The molecule has 0 unspecified atom stereocenters. The lowest BCUT2D eigenvalue weighted by molar-refractivity contribution is -0.384. The van der Waals surface area contributed by atoms with Gasteiger partial charge in [0.2, 0.25) is 0 Å². The molecule has 0 saturated carbocycles. The molecule has 1 aliphatic heterocycles. The zero-order chi connectivity index (χ0) is 14.2. The first-order valence-electron chi connectivity index (χ1n) is 5.46. The molecule has 0 amide bonds. The van der Waals surface area contributed by atoms with Gasteiger partial charge in [0.25, 0.3) is 0 Å². The third kappa shape index (κ3) is 2.60. The Kier molecular flexibility index (Phi) is 3.31. The zero-order valence-electron chi connectivity index (χ0n) is 9.94. The van der Waals surface area contributed by atoms with Gasteiger partial charge in [-0.15, -0.1) is 0 Å². The molecule has 104 valence electrons. The number of rotatable bonds is 3. The second-order valence-corrected chi connectivity index (χ2v) is 4.24. The number of alkyl halides is 3. The van der Waals surface area contributed by atoms with Crippen LogP contribution in [0.2, 0.25) is 0 Å². The molecular formula is C10H11F3N4O2. The molecule has 1 N–H and O–H groups in total. The number of halogens is 3. The van der Waals surface area contributed by atoms with Gasteiger partial charge in [-0.1, -0.05) is 0 Å². The number of nitrogens with zero attached hydrogens (tertiary/aromatic N) is 3. The normalized spacial score (nSPS) is 16.0. The van der Waals surface area contributed by atoms with Crippen molar-refractivity contribution in [3.05, 3.63) is 28.1 Å². The Labute approximate surface area is 106 Å². The number of pyridine rings is 1. The number of hydrogen-bond donors (Lipinski definition) is 1. The average molecular weight is 276 g/mol. The van der Waals surface area contributed by atoms with Gasteiger partial charge in [-0.3, -0.25) is 10.1 Å². The largest absolute Gasteiger partial charge is 0.433 e. The third-order valence-electron chi connectivity index (χ3n) is 3.04. The van der Waals surface area contributed by atoms with Crippen LogP contribution in [-0.4, -0.2) is 36.1 Å². The summed E-state index contributed by atoms with van der Waals surface area (Å²) in [6.07, 6.45) is -3.97. The Morgan fingerprint density at radius 1 is 1.53 bits per heavy atom. The van der Waals surface area contributed by atoms with Crippen molar-refractivity contribution in [1.29, 1.82) is 0 Å². The van der Waals surface area contributed by atoms with Crippen LogP contribution in [0.5, 0.6) is 0 Å². The number of nitro groups is 1. The minimum Gasteiger partial charge on any atom is -0.363 e. The molecule has 1 fully saturated rings. The lowest BCUT2D eigenvalue weighted by Crippen LogP contribution is -2.56. The van der Waals surface area contributed by atoms with Crippen molar-refractivity contribution in [2.75, 3.05) is 25.0 Å². The van der Waals surface area contributed by atoms with Crippen LogP contribution in [0.25, 0.3) is 0 Å². The standard InChI is InChI=1S/C10H11F3N4O2/c1-16(6-3-14-4-6)7-2-9(10(11,12)13)15-5-8(7)17(18)19/h2,5-6,14H,3-4H2,1H3. The van der Waals surface area contributed by atoms with Crippen LogP contribution in [-0.2, 0) is 6.18 Å². The maximum Gasteiger partial charge on any atom is 0.433 e. The molecule has 6 nitrogen and oxygen atoms in total. The van der Waals surface area contributed by atoms with Gasteiger partial charge in [0.05, 0.1) is 11.0 Å². The van der Waals surface area contributed by atoms with Crippen molar-refractivity contribution >= 4 is 11.4 Å². The lowest BCUT2D eigenvalue weighted by atomic mass is 10.1. The van der Waals surface area contributed by atoms with Crippen molar-refractivity contribution in [2.45, 2.75) is 12.2 Å². The maximum absolute atomic E-state index is 12.6. The summed E-state index contributed by atoms with van der Waals surface area (Å²) in [5.41, 5.74) is -1.63. The molecular weight excluding hydrogens is 265 g/mol. The molecule has 1 aromatic rings. The Morgan fingerprint density at radius 3 is 2.58 bits per heavy atom. The summed E-state index contributed by atoms with van der Waals surface area (Å²) in [4.78, 5) is 14.7. The molecule has 0 atom stereocenters. The van der Waals surface area contributed by atoms with E-state index in [1.165, 1.54) is 11.9 Å². The summed E-state index contributed by atoms with van der Waals surface area (Å²) in [6.45, 7) is 1.16. The van der Waals surface area contributed by atoms with Crippen molar-refractivity contribution in [1.82, 2.24) is 10.3 Å². The van der Waals surface area contributed by atoms with Gasteiger partial charge < -0.3 is 10.2 Å². The van der Waals surface area contributed by atoms with Gasteiger partial charge in [0.1, 0.15) is 17.6 Å². The summed E-state index contributed by atoms with van der Waals surface area (Å²) in [7, 11) is 1.54. The van der Waals surface area contributed by atoms with Gasteiger partial charge in [0, 0.05) is 20.1 Å². The van der Waals surface area contributed by atoms with Crippen molar-refractivity contribution in [3.8, 4) is 0 Å². The first-order valence-corrected chi connectivity index (χ1v) is 5.46. The highest BCUT2D eigenvalue weighted by Gasteiger charge is 2.36. The second-order valence-electron chi connectivity index (χ2n) is 4.24. The highest BCUT2D eigenvalue weighted by atomic mass is 19.4. The number of aromatic nitrogens is 1. The first kappa shape index (κ1) is 13.5. The molecule has 2 rings (SSSR count). The molecule has 1 saturated heterocycles. The topological polar surface area (TPSA) is 71.3 Å². The first-order chi connectivity index (χ1) is 8.80. The van der Waals surface area contributed by atoms with Gasteiger partial charge in [-0.2, -0.15) is 13.2 Å². The van der Waals surface area contributed by atoms with Gasteiger partial charge >= 0.3 is 11.9 Å². The third-order valence-corrected chi connectivity index (χ3v) is 3.04. The Morgan fingerprint density at radius 2 is 2.16 bits per heavy atom. The Balaban J connectivity index is 2.44. The van der Waals surface area contributed by atoms with E-state index in [1.807, 2.05) is 0 Å². The zero-order valence-corrected chi connectivity index (χ0v) is 9.94. The van der Waals surface area contributed by atoms with E-state index in [2.05, 4.69) is 10.3 Å². The van der Waals surface area contributed by atoms with E-state index in [1.54, 1.807) is 0 Å². The number of anilines is 1. The Bertz CT molecular complexity index is 502. The minimum atomic E-state index is -4.62. The Hall–Kier alpha value is -1.90. The summed E-state index contributed by atoms with van der Waals surface area (Å²) < 4.78 is 37.8. The van der Waals surface area contributed by atoms with Crippen LogP contribution in [0.3, 0.4) is 0 Å². The molecule has 2 heterocycles. The van der Waals surface area contributed by atoms with Crippen LogP contribution in [0.15, 0.2) is 12.3 Å². The molecule has 0 radical (unpaired) electrons. The molecule has 19 heavy (non-hydrogen) atoms. The van der Waals surface area contributed by atoms with Crippen molar-refractivity contribution < 1.29 is 18.1 Å². The average Bonchev–Trinajstić information content (AvgIpc) is 2.24. The summed E-state index contributed by atoms with van der Waals surface area (Å²) in [5, 5.41) is 13.8. The van der Waals surface area contributed by atoms with E-state index >= 15 is 0 Å². The van der Waals surface area contributed by atoms with Crippen molar-refractivity contribution in [2.24, 2.45) is 0 Å². The van der Waals surface area contributed by atoms with Crippen LogP contribution >= 0.6 is 0 Å². The van der Waals surface area contributed by atoms with Crippen LogP contribution in [0, 0.1) is 10.1 Å². The summed E-state index contributed by atoms with van der Waals surface area (Å²) in [5.74, 6) is 0. The monoisotopic (exact) mass is 276 g/mol. The molecule has 0 aliphatic carbocycles. The molecule has 1 aromatic heterocycles. The number of hydrogen-bond acceptors (Lipinski definition) is 5.